The number of aryl methyl sites for hydroxylation is 1. The minimum atomic E-state index is -0.303. The van der Waals surface area contributed by atoms with Crippen LogP contribution in [0.2, 0.25) is 0 Å². The zero-order chi connectivity index (χ0) is 18.3. The molecule has 1 fully saturated rings. The molecule has 2 N–H and O–H groups in total. The number of carbonyl (C=O) groups excluding carboxylic acids is 1. The number of amides is 1. The van der Waals surface area contributed by atoms with E-state index in [4.69, 9.17) is 0 Å². The van der Waals surface area contributed by atoms with Crippen LogP contribution in [0.5, 0.6) is 0 Å². The average molecular weight is 353 g/mol. The van der Waals surface area contributed by atoms with Crippen LogP contribution < -0.4 is 10.6 Å². The number of rotatable bonds is 4. The molecule has 2 aromatic heterocycles. The summed E-state index contributed by atoms with van der Waals surface area (Å²) in [7, 11) is 3.64. The van der Waals surface area contributed by atoms with E-state index in [1.54, 1.807) is 23.0 Å². The van der Waals surface area contributed by atoms with E-state index in [0.717, 1.165) is 35.3 Å². The third-order valence-corrected chi connectivity index (χ3v) is 5.07. The van der Waals surface area contributed by atoms with Crippen LogP contribution >= 0.6 is 0 Å². The van der Waals surface area contributed by atoms with Crippen molar-refractivity contribution in [1.82, 2.24) is 19.9 Å². The van der Waals surface area contributed by atoms with Gasteiger partial charge in [-0.25, -0.2) is 14.4 Å². The molecule has 0 radical (unpaired) electrons. The summed E-state index contributed by atoms with van der Waals surface area (Å²) in [6.07, 6.45) is 3.26. The van der Waals surface area contributed by atoms with Gasteiger partial charge in [-0.3, -0.25) is 4.79 Å². The molecule has 2 heterocycles. The minimum absolute atomic E-state index is 0.121. The molecule has 1 aromatic carbocycles. The molecular weight excluding hydrogens is 333 g/mol. The molecule has 1 aliphatic rings. The van der Waals surface area contributed by atoms with E-state index in [1.165, 1.54) is 12.1 Å². The number of benzene rings is 1. The van der Waals surface area contributed by atoms with Gasteiger partial charge in [0.05, 0.1) is 0 Å². The molecule has 0 spiro atoms. The van der Waals surface area contributed by atoms with Crippen molar-refractivity contribution >= 4 is 22.6 Å². The number of anilines is 1. The summed E-state index contributed by atoms with van der Waals surface area (Å²) in [4.78, 5) is 21.1. The zero-order valence-corrected chi connectivity index (χ0v) is 14.7. The molecule has 134 valence electrons. The van der Waals surface area contributed by atoms with Crippen LogP contribution in [0, 0.1) is 5.82 Å². The van der Waals surface area contributed by atoms with E-state index in [2.05, 4.69) is 20.6 Å². The summed E-state index contributed by atoms with van der Waals surface area (Å²) in [6.45, 7) is 0. The first-order valence-corrected chi connectivity index (χ1v) is 8.60. The van der Waals surface area contributed by atoms with E-state index in [1.807, 2.05) is 20.2 Å². The molecule has 7 heteroatoms. The van der Waals surface area contributed by atoms with E-state index in [9.17, 15) is 9.18 Å². The summed E-state index contributed by atoms with van der Waals surface area (Å²) in [5, 5.41) is 6.80. The number of fused-ring (bicyclic) bond motifs is 1. The fourth-order valence-corrected chi connectivity index (χ4v) is 3.51. The Bertz CT molecular complexity index is 977. The molecule has 0 atom stereocenters. The fourth-order valence-electron chi connectivity index (χ4n) is 3.51. The van der Waals surface area contributed by atoms with Crippen molar-refractivity contribution in [3.8, 4) is 0 Å². The topological polar surface area (TPSA) is 71.8 Å². The second-order valence-corrected chi connectivity index (χ2v) is 6.71. The smallest absolute Gasteiger partial charge is 0.268 e. The van der Waals surface area contributed by atoms with E-state index in [-0.39, 0.29) is 17.8 Å². The number of halogens is 1. The van der Waals surface area contributed by atoms with Crippen LogP contribution in [0.1, 0.15) is 34.9 Å². The minimum Gasteiger partial charge on any atom is -0.373 e. The van der Waals surface area contributed by atoms with Crippen LogP contribution in [0.15, 0.2) is 36.7 Å². The van der Waals surface area contributed by atoms with Crippen molar-refractivity contribution in [3.05, 3.63) is 53.9 Å². The molecule has 26 heavy (non-hydrogen) atoms. The van der Waals surface area contributed by atoms with Crippen molar-refractivity contribution in [2.75, 3.05) is 12.4 Å². The van der Waals surface area contributed by atoms with Crippen molar-refractivity contribution in [3.63, 3.8) is 0 Å². The Labute approximate surface area is 150 Å². The Morgan fingerprint density at radius 2 is 2.04 bits per heavy atom. The summed E-state index contributed by atoms with van der Waals surface area (Å²) in [5.74, 6) is 0.691. The Kier molecular flexibility index (Phi) is 4.06. The first kappa shape index (κ1) is 16.5. The summed E-state index contributed by atoms with van der Waals surface area (Å²) in [5.41, 5.74) is 2.37. The highest BCUT2D eigenvalue weighted by Crippen LogP contribution is 2.36. The molecule has 6 nitrogen and oxygen atoms in total. The lowest BCUT2D eigenvalue weighted by Gasteiger charge is -2.35. The third kappa shape index (κ3) is 2.89. The Morgan fingerprint density at radius 1 is 1.23 bits per heavy atom. The summed E-state index contributed by atoms with van der Waals surface area (Å²) in [6, 6.07) is 8.33. The van der Waals surface area contributed by atoms with Gasteiger partial charge < -0.3 is 15.2 Å². The maximum absolute atomic E-state index is 13.4. The first-order chi connectivity index (χ1) is 12.5. The molecule has 0 aliphatic heterocycles. The van der Waals surface area contributed by atoms with E-state index >= 15 is 0 Å². The summed E-state index contributed by atoms with van der Waals surface area (Å²) < 4.78 is 15.2. The van der Waals surface area contributed by atoms with Crippen molar-refractivity contribution < 1.29 is 9.18 Å². The highest BCUT2D eigenvalue weighted by molar-refractivity contribution is 5.98. The third-order valence-electron chi connectivity index (χ3n) is 5.07. The number of nitrogens with one attached hydrogen (secondary N) is 2. The normalized spacial score (nSPS) is 19.2. The van der Waals surface area contributed by atoms with Crippen LogP contribution in [-0.2, 0) is 7.05 Å². The van der Waals surface area contributed by atoms with Gasteiger partial charge in [-0.05, 0) is 37.1 Å². The van der Waals surface area contributed by atoms with Gasteiger partial charge >= 0.3 is 0 Å². The maximum Gasteiger partial charge on any atom is 0.268 e. The first-order valence-electron chi connectivity index (χ1n) is 8.60. The number of carbonyl (C=O) groups is 1. The highest BCUT2D eigenvalue weighted by Gasteiger charge is 2.33. The standard InChI is InChI=1S/C19H20FN5O/c1-21-18-9-15(22-10-23-18)11-6-14(7-11)24-19(26)17-8-12-5-13(20)3-4-16(12)25(17)2/h3-5,8-11,14H,6-7H2,1-2H3,(H,24,26)(H,21,22,23). The number of hydrogen-bond acceptors (Lipinski definition) is 4. The molecule has 3 aromatic rings. The van der Waals surface area contributed by atoms with Crippen LogP contribution in [-0.4, -0.2) is 33.5 Å². The SMILES string of the molecule is CNc1cc(C2CC(NC(=O)c3cc4cc(F)ccc4n3C)C2)ncn1. The Morgan fingerprint density at radius 3 is 2.81 bits per heavy atom. The molecule has 0 unspecified atom stereocenters. The Balaban J connectivity index is 1.43. The van der Waals surface area contributed by atoms with Gasteiger partial charge in [-0.1, -0.05) is 0 Å². The van der Waals surface area contributed by atoms with Crippen molar-refractivity contribution in [2.24, 2.45) is 7.05 Å². The monoisotopic (exact) mass is 353 g/mol. The fraction of sp³-hybridized carbons (Fsp3) is 0.316. The lowest BCUT2D eigenvalue weighted by molar-refractivity contribution is 0.0900. The van der Waals surface area contributed by atoms with Gasteiger partial charge in [0.25, 0.3) is 5.91 Å². The Hall–Kier alpha value is -2.96. The highest BCUT2D eigenvalue weighted by atomic mass is 19.1. The second-order valence-electron chi connectivity index (χ2n) is 6.71. The van der Waals surface area contributed by atoms with Gasteiger partial charge in [0.15, 0.2) is 0 Å². The molecule has 0 saturated heterocycles. The van der Waals surface area contributed by atoms with Gasteiger partial charge in [0.1, 0.15) is 23.7 Å². The van der Waals surface area contributed by atoms with Crippen LogP contribution in [0.4, 0.5) is 10.2 Å². The van der Waals surface area contributed by atoms with E-state index in [0.29, 0.717) is 11.6 Å². The lowest BCUT2D eigenvalue weighted by atomic mass is 9.78. The van der Waals surface area contributed by atoms with Crippen LogP contribution in [0.3, 0.4) is 0 Å². The molecule has 4 rings (SSSR count). The second kappa shape index (κ2) is 6.40. The molecule has 0 bridgehead atoms. The zero-order valence-electron chi connectivity index (χ0n) is 14.7. The number of hydrogen-bond donors (Lipinski definition) is 2. The lowest BCUT2D eigenvalue weighted by Crippen LogP contribution is -2.44. The number of nitrogens with zero attached hydrogens (tertiary/aromatic N) is 3. The average Bonchev–Trinajstić information content (AvgIpc) is 2.93. The van der Waals surface area contributed by atoms with Gasteiger partial charge in [0.2, 0.25) is 0 Å². The van der Waals surface area contributed by atoms with E-state index < -0.39 is 0 Å². The maximum atomic E-state index is 13.4. The molecule has 1 aliphatic carbocycles. The predicted molar refractivity (Wildman–Crippen MR) is 97.7 cm³/mol. The van der Waals surface area contributed by atoms with Gasteiger partial charge in [-0.15, -0.1) is 0 Å². The quantitative estimate of drug-likeness (QED) is 0.757. The van der Waals surface area contributed by atoms with Gasteiger partial charge in [0, 0.05) is 48.7 Å². The summed E-state index contributed by atoms with van der Waals surface area (Å²) >= 11 is 0. The largest absolute Gasteiger partial charge is 0.373 e. The molecule has 1 amide bonds. The number of aromatic nitrogens is 3. The van der Waals surface area contributed by atoms with Crippen molar-refractivity contribution in [1.29, 1.82) is 0 Å². The molecular formula is C19H20FN5O. The van der Waals surface area contributed by atoms with Crippen molar-refractivity contribution in [2.45, 2.75) is 24.8 Å². The van der Waals surface area contributed by atoms with Crippen LogP contribution in [0.25, 0.3) is 10.9 Å². The molecule has 1 saturated carbocycles. The predicted octanol–water partition coefficient (Wildman–Crippen LogP) is 2.83. The van der Waals surface area contributed by atoms with Gasteiger partial charge in [-0.2, -0.15) is 0 Å².